The largest absolute Gasteiger partial charge is 0.492 e. The second-order valence-electron chi connectivity index (χ2n) is 5.83. The van der Waals surface area contributed by atoms with Crippen molar-refractivity contribution in [2.75, 3.05) is 20.2 Å². The van der Waals surface area contributed by atoms with Crippen LogP contribution in [0.25, 0.3) is 10.2 Å². The molecule has 0 atom stereocenters. The monoisotopic (exact) mass is 377 g/mol. The van der Waals surface area contributed by atoms with Crippen LogP contribution in [0.15, 0.2) is 41.5 Å². The fourth-order valence-electron chi connectivity index (χ4n) is 2.47. The summed E-state index contributed by atoms with van der Waals surface area (Å²) in [6.07, 6.45) is 2.54. The van der Waals surface area contributed by atoms with Gasteiger partial charge in [-0.1, -0.05) is 18.5 Å². The van der Waals surface area contributed by atoms with Gasteiger partial charge in [0.1, 0.15) is 23.5 Å². The Kier molecular flexibility index (Phi) is 5.73. The highest BCUT2D eigenvalue weighted by molar-refractivity contribution is 7.18. The van der Waals surface area contributed by atoms with E-state index in [9.17, 15) is 4.79 Å². The van der Waals surface area contributed by atoms with Gasteiger partial charge in [-0.3, -0.25) is 14.3 Å². The lowest BCUT2D eigenvalue weighted by atomic mass is 10.3. The van der Waals surface area contributed by atoms with Crippen LogP contribution in [-0.4, -0.2) is 34.7 Å². The maximum Gasteiger partial charge on any atom is 0.263 e. The van der Waals surface area contributed by atoms with Crippen LogP contribution in [0.3, 0.4) is 0 Å². The number of halogens is 1. The molecule has 0 fully saturated rings. The second kappa shape index (κ2) is 7.99. The van der Waals surface area contributed by atoms with Crippen molar-refractivity contribution in [3.63, 3.8) is 0 Å². The third kappa shape index (κ3) is 4.39. The van der Waals surface area contributed by atoms with Crippen LogP contribution >= 0.6 is 22.9 Å². The Morgan fingerprint density at radius 1 is 1.32 bits per heavy atom. The minimum atomic E-state index is 0.00594. The fraction of sp³-hybridized carbons (Fsp3) is 0.333. The van der Waals surface area contributed by atoms with Gasteiger partial charge in [-0.2, -0.15) is 0 Å². The molecule has 3 rings (SSSR count). The van der Waals surface area contributed by atoms with Gasteiger partial charge in [0.25, 0.3) is 5.56 Å². The number of aryl methyl sites for hydroxylation is 1. The molecule has 0 unspecified atom stereocenters. The van der Waals surface area contributed by atoms with Gasteiger partial charge in [0.2, 0.25) is 0 Å². The van der Waals surface area contributed by atoms with E-state index in [4.69, 9.17) is 16.3 Å². The summed E-state index contributed by atoms with van der Waals surface area (Å²) in [7, 11) is 1.95. The molecule has 0 aliphatic carbocycles. The van der Waals surface area contributed by atoms with E-state index in [-0.39, 0.29) is 5.56 Å². The number of hydrogen-bond acceptors (Lipinski definition) is 5. The summed E-state index contributed by atoms with van der Waals surface area (Å²) < 4.78 is 7.32. The molecule has 132 valence electrons. The second-order valence-corrected chi connectivity index (χ2v) is 7.38. The van der Waals surface area contributed by atoms with Crippen LogP contribution in [0.5, 0.6) is 5.75 Å². The number of rotatable bonds is 7. The van der Waals surface area contributed by atoms with Crippen molar-refractivity contribution in [2.45, 2.75) is 20.0 Å². The van der Waals surface area contributed by atoms with Crippen LogP contribution in [0.1, 0.15) is 11.8 Å². The smallest absolute Gasteiger partial charge is 0.263 e. The van der Waals surface area contributed by atoms with Gasteiger partial charge in [-0.15, -0.1) is 11.3 Å². The molecular weight excluding hydrogens is 358 g/mol. The average molecular weight is 378 g/mol. The Morgan fingerprint density at radius 3 is 2.80 bits per heavy atom. The maximum atomic E-state index is 12.6. The minimum Gasteiger partial charge on any atom is -0.492 e. The number of ether oxygens (including phenoxy) is 1. The Morgan fingerprint density at radius 2 is 2.08 bits per heavy atom. The Bertz CT molecular complexity index is 905. The van der Waals surface area contributed by atoms with Crippen molar-refractivity contribution in [3.05, 3.63) is 56.9 Å². The Labute approximate surface area is 155 Å². The summed E-state index contributed by atoms with van der Waals surface area (Å²) in [6, 6.07) is 9.23. The fourth-order valence-corrected chi connectivity index (χ4v) is 3.52. The predicted octanol–water partition coefficient (Wildman–Crippen LogP) is 3.64. The molecule has 2 heterocycles. The quantitative estimate of drug-likeness (QED) is 0.630. The molecule has 5 nitrogen and oxygen atoms in total. The summed E-state index contributed by atoms with van der Waals surface area (Å²) in [5.74, 6) is 0.781. The summed E-state index contributed by atoms with van der Waals surface area (Å²) in [5, 5.41) is 1.39. The number of fused-ring (bicyclic) bond motifs is 1. The molecule has 0 radical (unpaired) electrons. The van der Waals surface area contributed by atoms with Crippen molar-refractivity contribution in [2.24, 2.45) is 0 Å². The van der Waals surface area contributed by atoms with Gasteiger partial charge in [0, 0.05) is 16.4 Å². The van der Waals surface area contributed by atoms with Crippen LogP contribution in [0.4, 0.5) is 0 Å². The van der Waals surface area contributed by atoms with E-state index in [0.717, 1.165) is 17.0 Å². The zero-order valence-corrected chi connectivity index (χ0v) is 15.8. The molecule has 0 spiro atoms. The molecule has 0 saturated heterocycles. The Hall–Kier alpha value is -1.89. The minimum absolute atomic E-state index is 0.00594. The molecule has 0 aliphatic rings. The lowest BCUT2D eigenvalue weighted by Gasteiger charge is -2.18. The van der Waals surface area contributed by atoms with Crippen molar-refractivity contribution in [1.29, 1.82) is 0 Å². The number of thiophene rings is 1. The summed E-state index contributed by atoms with van der Waals surface area (Å²) >= 11 is 7.44. The molecule has 0 aliphatic heterocycles. The maximum absolute atomic E-state index is 12.6. The van der Waals surface area contributed by atoms with E-state index in [1.807, 2.05) is 30.1 Å². The highest BCUT2D eigenvalue weighted by atomic mass is 35.5. The van der Waals surface area contributed by atoms with Crippen molar-refractivity contribution >= 4 is 33.2 Å². The highest BCUT2D eigenvalue weighted by Crippen LogP contribution is 2.21. The first-order valence-electron chi connectivity index (χ1n) is 8.11. The van der Waals surface area contributed by atoms with E-state index in [0.29, 0.717) is 30.2 Å². The van der Waals surface area contributed by atoms with Crippen molar-refractivity contribution < 1.29 is 4.74 Å². The summed E-state index contributed by atoms with van der Waals surface area (Å²) in [5.41, 5.74) is 0.00594. The lowest BCUT2D eigenvalue weighted by molar-refractivity contribution is 0.204. The molecule has 0 N–H and O–H groups in total. The van der Waals surface area contributed by atoms with E-state index in [1.54, 1.807) is 34.4 Å². The SMILES string of the molecule is CCc1cc2c(=O)n(CN(C)CCOc3ccc(Cl)cc3)cnc2s1. The first-order chi connectivity index (χ1) is 12.1. The normalized spacial score (nSPS) is 11.4. The Balaban J connectivity index is 1.59. The number of hydrogen-bond donors (Lipinski definition) is 0. The summed E-state index contributed by atoms with van der Waals surface area (Å²) in [6.45, 7) is 3.78. The van der Waals surface area contributed by atoms with Gasteiger partial charge >= 0.3 is 0 Å². The number of aromatic nitrogens is 2. The van der Waals surface area contributed by atoms with E-state index in [1.165, 1.54) is 4.88 Å². The van der Waals surface area contributed by atoms with Gasteiger partial charge < -0.3 is 4.74 Å². The molecule has 25 heavy (non-hydrogen) atoms. The zero-order valence-electron chi connectivity index (χ0n) is 14.2. The van der Waals surface area contributed by atoms with Crippen molar-refractivity contribution in [1.82, 2.24) is 14.5 Å². The van der Waals surface area contributed by atoms with E-state index >= 15 is 0 Å². The number of benzene rings is 1. The van der Waals surface area contributed by atoms with Crippen LogP contribution in [0.2, 0.25) is 5.02 Å². The zero-order chi connectivity index (χ0) is 17.8. The van der Waals surface area contributed by atoms with E-state index in [2.05, 4.69) is 11.9 Å². The first kappa shape index (κ1) is 17.9. The standard InChI is InChI=1S/C18H20ClN3O2S/c1-3-15-10-16-17(25-15)20-11-22(18(16)23)12-21(2)8-9-24-14-6-4-13(19)5-7-14/h4-7,10-11H,3,8-9,12H2,1-2H3. The van der Waals surface area contributed by atoms with Gasteiger partial charge in [0.15, 0.2) is 0 Å². The van der Waals surface area contributed by atoms with Crippen molar-refractivity contribution in [3.8, 4) is 5.75 Å². The first-order valence-corrected chi connectivity index (χ1v) is 9.31. The highest BCUT2D eigenvalue weighted by Gasteiger charge is 2.09. The van der Waals surface area contributed by atoms with Crippen LogP contribution in [0, 0.1) is 0 Å². The van der Waals surface area contributed by atoms with E-state index < -0.39 is 0 Å². The molecular formula is C18H20ClN3O2S. The van der Waals surface area contributed by atoms with Crippen LogP contribution < -0.4 is 10.3 Å². The van der Waals surface area contributed by atoms with Gasteiger partial charge in [0.05, 0.1) is 12.1 Å². The molecule has 1 aromatic carbocycles. The molecule has 0 saturated carbocycles. The topological polar surface area (TPSA) is 47.4 Å². The third-order valence-corrected chi connectivity index (χ3v) is 5.31. The van der Waals surface area contributed by atoms with Crippen LogP contribution in [-0.2, 0) is 13.1 Å². The average Bonchev–Trinajstić information content (AvgIpc) is 3.03. The predicted molar refractivity (Wildman–Crippen MR) is 103 cm³/mol. The van der Waals surface area contributed by atoms with Gasteiger partial charge in [-0.05, 0) is 43.8 Å². The number of nitrogens with zero attached hydrogens (tertiary/aromatic N) is 3. The third-order valence-electron chi connectivity index (χ3n) is 3.87. The van der Waals surface area contributed by atoms with Gasteiger partial charge in [-0.25, -0.2) is 4.98 Å². The molecule has 0 bridgehead atoms. The molecule has 3 aromatic rings. The summed E-state index contributed by atoms with van der Waals surface area (Å²) in [4.78, 5) is 21.0. The number of likely N-dealkylation sites (N-methyl/N-ethyl adjacent to an activating group) is 1. The lowest BCUT2D eigenvalue weighted by Crippen LogP contribution is -2.32. The molecule has 2 aromatic heterocycles. The molecule has 7 heteroatoms. The molecule has 0 amide bonds.